The summed E-state index contributed by atoms with van der Waals surface area (Å²) in [5, 5.41) is 0. The van der Waals surface area contributed by atoms with Gasteiger partial charge in [0.05, 0.1) is 5.70 Å². The van der Waals surface area contributed by atoms with Crippen molar-refractivity contribution in [1.82, 2.24) is 0 Å². The summed E-state index contributed by atoms with van der Waals surface area (Å²) in [6, 6.07) is 0. The molecule has 0 saturated carbocycles. The topological polar surface area (TPSA) is 227 Å². The fourth-order valence-electron chi connectivity index (χ4n) is 1.22. The van der Waals surface area contributed by atoms with Gasteiger partial charge in [0.25, 0.3) is 0 Å². The summed E-state index contributed by atoms with van der Waals surface area (Å²) in [5.74, 6) is 1.70. The molecule has 0 spiro atoms. The molecule has 0 aromatic heterocycles. The van der Waals surface area contributed by atoms with Crippen LogP contribution in [0, 0.1) is 0 Å². The Morgan fingerprint density at radius 1 is 0.778 bits per heavy atom. The molecule has 0 aliphatic carbocycles. The Hall–Kier alpha value is -0.990. The molecule has 116 valence electrons. The third-order valence-corrected chi connectivity index (χ3v) is 2.03. The van der Waals surface area contributed by atoms with E-state index in [-0.39, 0.29) is 27.4 Å². The number of nitrogens with two attached hydrogens (primary N) is 2. The molecule has 0 heterocycles. The van der Waals surface area contributed by atoms with Crippen molar-refractivity contribution < 1.29 is 32.2 Å². The summed E-state index contributed by atoms with van der Waals surface area (Å²) < 4.78 is 0. The summed E-state index contributed by atoms with van der Waals surface area (Å²) >= 11 is 0. The third kappa shape index (κ3) is 29.4. The molecule has 0 aromatic carbocycles. The van der Waals surface area contributed by atoms with E-state index in [4.69, 9.17) is 11.5 Å². The molecule has 0 aliphatic heterocycles. The van der Waals surface area contributed by atoms with Gasteiger partial charge in [-0.3, -0.25) is 0 Å². The normalized spacial score (nSPS) is 6.94. The molecule has 14 N–H and O–H groups in total. The van der Waals surface area contributed by atoms with E-state index in [1.807, 2.05) is 0 Å². The molecule has 0 aromatic rings. The maximum atomic E-state index is 10.0. The van der Waals surface area contributed by atoms with Crippen molar-refractivity contribution in [2.75, 3.05) is 6.54 Å². The summed E-state index contributed by atoms with van der Waals surface area (Å²) in [6.07, 6.45) is 7.64. The van der Waals surface area contributed by atoms with Gasteiger partial charge in [-0.2, -0.15) is 0 Å². The van der Waals surface area contributed by atoms with Gasteiger partial charge in [0.15, 0.2) is 0 Å². The lowest BCUT2D eigenvalue weighted by molar-refractivity contribution is 0.562. The average molecular weight is 274 g/mol. The monoisotopic (exact) mass is 274 g/mol. The molecule has 0 amide bonds. The van der Waals surface area contributed by atoms with Crippen LogP contribution in [0.4, 0.5) is 0 Å². The van der Waals surface area contributed by atoms with Crippen LogP contribution in [0.2, 0.25) is 0 Å². The fourth-order valence-corrected chi connectivity index (χ4v) is 1.22. The Morgan fingerprint density at radius 2 is 1.17 bits per heavy atom. The average Bonchev–Trinajstić information content (AvgIpc) is 2.16. The maximum Gasteiger partial charge on any atom is 0.145 e. The first-order chi connectivity index (χ1) is 6.31. The second kappa shape index (κ2) is 29.8. The van der Waals surface area contributed by atoms with Crippen molar-refractivity contribution in [3.8, 4) is 0 Å². The SMILES string of the molecule is NCCCCCCCCC(N)=C=O.O.O.O.O.O. The molecule has 8 heteroatoms. The number of hydrogen-bond acceptors (Lipinski definition) is 3. The van der Waals surface area contributed by atoms with Crippen molar-refractivity contribution in [1.29, 1.82) is 0 Å². The smallest absolute Gasteiger partial charge is 0.145 e. The Morgan fingerprint density at radius 3 is 1.56 bits per heavy atom. The highest BCUT2D eigenvalue weighted by Crippen LogP contribution is 2.07. The Bertz CT molecular complexity index is 174. The van der Waals surface area contributed by atoms with Crippen LogP contribution < -0.4 is 11.5 Å². The standard InChI is InChI=1S/C10H20N2O.5H2O/c11-8-6-4-2-1-3-5-7-10(12)9-13;;;;;/h1-8,11-12H2;5*1H2. The van der Waals surface area contributed by atoms with Gasteiger partial charge in [0, 0.05) is 0 Å². The Kier molecular flexibility index (Phi) is 59.5. The van der Waals surface area contributed by atoms with E-state index in [2.05, 4.69) is 0 Å². The molecular formula is C10H30N2O6. The zero-order valence-electron chi connectivity index (χ0n) is 10.7. The molecule has 0 atom stereocenters. The van der Waals surface area contributed by atoms with Gasteiger partial charge in [0.2, 0.25) is 0 Å². The zero-order chi connectivity index (χ0) is 9.94. The van der Waals surface area contributed by atoms with Crippen LogP contribution in [0.25, 0.3) is 0 Å². The van der Waals surface area contributed by atoms with Gasteiger partial charge in [0.1, 0.15) is 5.94 Å². The van der Waals surface area contributed by atoms with Crippen LogP contribution >= 0.6 is 0 Å². The highest BCUT2D eigenvalue weighted by atomic mass is 16.1. The third-order valence-electron chi connectivity index (χ3n) is 2.03. The van der Waals surface area contributed by atoms with Gasteiger partial charge in [-0.15, -0.1) is 0 Å². The molecule has 0 unspecified atom stereocenters. The largest absolute Gasteiger partial charge is 0.412 e. The van der Waals surface area contributed by atoms with E-state index < -0.39 is 0 Å². The Balaban J connectivity index is -0.0000000720. The summed E-state index contributed by atoms with van der Waals surface area (Å²) in [5.41, 5.74) is 11.0. The van der Waals surface area contributed by atoms with Crippen LogP contribution in [0.15, 0.2) is 5.70 Å². The molecule has 0 bridgehead atoms. The van der Waals surface area contributed by atoms with E-state index in [1.165, 1.54) is 19.3 Å². The van der Waals surface area contributed by atoms with E-state index in [1.54, 1.807) is 5.94 Å². The van der Waals surface area contributed by atoms with E-state index in [9.17, 15) is 4.79 Å². The van der Waals surface area contributed by atoms with Crippen LogP contribution in [0.5, 0.6) is 0 Å². The lowest BCUT2D eigenvalue weighted by atomic mass is 10.1. The minimum atomic E-state index is 0. The van der Waals surface area contributed by atoms with Crippen LogP contribution in [-0.2, 0) is 4.79 Å². The molecule has 0 fully saturated rings. The molecule has 0 saturated heterocycles. The van der Waals surface area contributed by atoms with E-state index in [0.29, 0.717) is 12.1 Å². The molecule has 0 rings (SSSR count). The first-order valence-electron chi connectivity index (χ1n) is 5.00. The number of unbranched alkanes of at least 4 members (excludes halogenated alkanes) is 5. The molecule has 0 radical (unpaired) electrons. The van der Waals surface area contributed by atoms with Crippen molar-refractivity contribution in [3.05, 3.63) is 5.70 Å². The molecule has 0 aliphatic rings. The van der Waals surface area contributed by atoms with Gasteiger partial charge in [-0.05, 0) is 25.8 Å². The first-order valence-corrected chi connectivity index (χ1v) is 5.00. The second-order valence-corrected chi connectivity index (χ2v) is 3.29. The van der Waals surface area contributed by atoms with Gasteiger partial charge in [-0.25, -0.2) is 4.79 Å². The van der Waals surface area contributed by atoms with Gasteiger partial charge >= 0.3 is 0 Å². The maximum absolute atomic E-state index is 10.0. The first kappa shape index (κ1) is 36.0. The van der Waals surface area contributed by atoms with E-state index in [0.717, 1.165) is 25.8 Å². The number of rotatable bonds is 8. The quantitative estimate of drug-likeness (QED) is 0.354. The summed E-state index contributed by atoms with van der Waals surface area (Å²) in [6.45, 7) is 0.792. The second-order valence-electron chi connectivity index (χ2n) is 3.29. The molecule has 8 nitrogen and oxygen atoms in total. The summed E-state index contributed by atoms with van der Waals surface area (Å²) in [4.78, 5) is 10.0. The minimum Gasteiger partial charge on any atom is -0.412 e. The number of hydrogen-bond donors (Lipinski definition) is 2. The van der Waals surface area contributed by atoms with Crippen LogP contribution in [-0.4, -0.2) is 39.9 Å². The van der Waals surface area contributed by atoms with Crippen LogP contribution in [0.3, 0.4) is 0 Å². The van der Waals surface area contributed by atoms with Crippen molar-refractivity contribution in [2.24, 2.45) is 11.5 Å². The highest BCUT2D eigenvalue weighted by Gasteiger charge is 1.93. The van der Waals surface area contributed by atoms with Crippen molar-refractivity contribution in [2.45, 2.75) is 44.9 Å². The lowest BCUT2D eigenvalue weighted by Gasteiger charge is -1.99. The fraction of sp³-hybridized carbons (Fsp3) is 0.800. The molecular weight excluding hydrogens is 244 g/mol. The Labute approximate surface area is 108 Å². The van der Waals surface area contributed by atoms with Crippen molar-refractivity contribution >= 4 is 5.94 Å². The predicted molar refractivity (Wildman–Crippen MR) is 72.8 cm³/mol. The highest BCUT2D eigenvalue weighted by molar-refractivity contribution is 5.50. The van der Waals surface area contributed by atoms with Gasteiger partial charge in [-0.1, -0.05) is 25.7 Å². The van der Waals surface area contributed by atoms with Crippen LogP contribution in [0.1, 0.15) is 44.9 Å². The number of allylic oxidation sites excluding steroid dienone is 1. The molecule has 18 heavy (non-hydrogen) atoms. The lowest BCUT2D eigenvalue weighted by Crippen LogP contribution is -1.98. The minimum absolute atomic E-state index is 0. The summed E-state index contributed by atoms with van der Waals surface area (Å²) in [7, 11) is 0. The zero-order valence-corrected chi connectivity index (χ0v) is 10.7. The van der Waals surface area contributed by atoms with Crippen molar-refractivity contribution in [3.63, 3.8) is 0 Å². The number of carbonyl (C=O) groups excluding carboxylic acids is 1. The van der Waals surface area contributed by atoms with Gasteiger partial charge < -0.3 is 38.8 Å². The predicted octanol–water partition coefficient (Wildman–Crippen LogP) is -2.77. The van der Waals surface area contributed by atoms with E-state index >= 15 is 0 Å².